The van der Waals surface area contributed by atoms with Crippen LogP contribution in [-0.4, -0.2) is 79.7 Å². The first-order valence-corrected chi connectivity index (χ1v) is 16.9. The third kappa shape index (κ3) is 5.25. The Morgan fingerprint density at radius 1 is 0.953 bits per heavy atom. The minimum atomic E-state index is -3.79. The molecule has 3 aliphatic rings. The summed E-state index contributed by atoms with van der Waals surface area (Å²) in [6, 6.07) is 17.6. The predicted molar refractivity (Wildman–Crippen MR) is 168 cm³/mol. The van der Waals surface area contributed by atoms with E-state index in [0.717, 1.165) is 56.4 Å². The zero-order valence-corrected chi connectivity index (χ0v) is 25.4. The number of ketones is 1. The van der Waals surface area contributed by atoms with Gasteiger partial charge in [-0.3, -0.25) is 9.69 Å². The van der Waals surface area contributed by atoms with Crippen molar-refractivity contribution < 1.29 is 17.6 Å². The van der Waals surface area contributed by atoms with Crippen molar-refractivity contribution in [3.8, 4) is 0 Å². The summed E-state index contributed by atoms with van der Waals surface area (Å²) in [6.07, 6.45) is 6.37. The van der Waals surface area contributed by atoms with E-state index < -0.39 is 16.1 Å². The van der Waals surface area contributed by atoms with Gasteiger partial charge < -0.3 is 19.6 Å². The smallest absolute Gasteiger partial charge is 0.276 e. The summed E-state index contributed by atoms with van der Waals surface area (Å²) in [5.41, 5.74) is 4.99. The Balaban J connectivity index is 1.17. The molecule has 7 rings (SSSR count). The number of nitrogens with zero attached hydrogens (tertiary/aromatic N) is 3. The lowest BCUT2D eigenvalue weighted by Crippen LogP contribution is -2.58. The van der Waals surface area contributed by atoms with E-state index in [1.807, 2.05) is 18.3 Å². The molecule has 2 aromatic carbocycles. The molecule has 2 saturated heterocycles. The summed E-state index contributed by atoms with van der Waals surface area (Å²) < 4.78 is 34.2. The molecule has 3 aliphatic heterocycles. The number of aromatic amines is 1. The molecule has 0 aliphatic carbocycles. The van der Waals surface area contributed by atoms with Crippen LogP contribution in [0.5, 0.6) is 0 Å². The van der Waals surface area contributed by atoms with Crippen molar-refractivity contribution in [2.75, 3.05) is 49.5 Å². The minimum absolute atomic E-state index is 0.0839. The van der Waals surface area contributed by atoms with E-state index in [-0.39, 0.29) is 16.9 Å². The van der Waals surface area contributed by atoms with Crippen LogP contribution in [0, 0.1) is 6.92 Å². The highest BCUT2D eigenvalue weighted by molar-refractivity contribution is 7.89. The van der Waals surface area contributed by atoms with Crippen LogP contribution in [0.4, 0.5) is 11.4 Å². The zero-order valence-electron chi connectivity index (χ0n) is 24.6. The summed E-state index contributed by atoms with van der Waals surface area (Å²) in [5.74, 6) is 0.277. The number of para-hydroxylation sites is 1. The third-order valence-electron chi connectivity index (χ3n) is 9.42. The largest absolute Gasteiger partial charge is 0.448 e. The molecular formula is C33H39N5O4S. The van der Waals surface area contributed by atoms with Crippen molar-refractivity contribution in [1.82, 2.24) is 14.2 Å². The molecule has 2 fully saturated rings. The molecule has 43 heavy (non-hydrogen) atoms. The van der Waals surface area contributed by atoms with Crippen molar-refractivity contribution in [2.24, 2.45) is 0 Å². The molecule has 5 heterocycles. The molecule has 2 atom stereocenters. The fourth-order valence-electron chi connectivity index (χ4n) is 7.11. The number of H-pyrrole nitrogens is 1. The average Bonchev–Trinajstić information content (AvgIpc) is 3.69. The van der Waals surface area contributed by atoms with E-state index in [0.29, 0.717) is 37.5 Å². The van der Waals surface area contributed by atoms with Gasteiger partial charge in [0, 0.05) is 79.9 Å². The van der Waals surface area contributed by atoms with E-state index >= 15 is 0 Å². The van der Waals surface area contributed by atoms with Crippen LogP contribution in [0.1, 0.15) is 47.4 Å². The molecule has 0 bridgehead atoms. The molecule has 0 amide bonds. The Hall–Kier alpha value is -3.60. The second kappa shape index (κ2) is 11.5. The number of fused-ring (bicyclic) bond motifs is 2. The van der Waals surface area contributed by atoms with Crippen molar-refractivity contribution in [2.45, 2.75) is 56.2 Å². The molecular weight excluding hydrogens is 562 g/mol. The number of aryl methyl sites for hydroxylation is 2. The Morgan fingerprint density at radius 3 is 2.56 bits per heavy atom. The quantitative estimate of drug-likeness (QED) is 0.286. The van der Waals surface area contributed by atoms with Crippen LogP contribution < -0.4 is 10.2 Å². The molecule has 0 radical (unpaired) electrons. The lowest BCUT2D eigenvalue weighted by Gasteiger charge is -2.43. The summed E-state index contributed by atoms with van der Waals surface area (Å²) in [4.78, 5) is 22.5. The topological polar surface area (TPSA) is 102 Å². The van der Waals surface area contributed by atoms with Gasteiger partial charge in [-0.15, -0.1) is 0 Å². The summed E-state index contributed by atoms with van der Waals surface area (Å²) >= 11 is 0. The van der Waals surface area contributed by atoms with Gasteiger partial charge in [0.2, 0.25) is 5.09 Å². The molecule has 2 aromatic heterocycles. The Kier molecular flexibility index (Phi) is 7.53. The minimum Gasteiger partial charge on any atom is -0.448 e. The molecule has 2 unspecified atom stereocenters. The van der Waals surface area contributed by atoms with Gasteiger partial charge in [-0.05, 0) is 62.4 Å². The first-order chi connectivity index (χ1) is 20.9. The van der Waals surface area contributed by atoms with E-state index in [4.69, 9.17) is 4.42 Å². The number of furan rings is 1. The lowest BCUT2D eigenvalue weighted by molar-refractivity contribution is 0.0769. The maximum atomic E-state index is 14.5. The highest BCUT2D eigenvalue weighted by atomic mass is 32.2. The molecule has 9 nitrogen and oxygen atoms in total. The van der Waals surface area contributed by atoms with E-state index in [1.54, 1.807) is 6.92 Å². The normalized spacial score (nSPS) is 21.0. The van der Waals surface area contributed by atoms with Gasteiger partial charge in [0.1, 0.15) is 5.76 Å². The molecule has 4 aromatic rings. The van der Waals surface area contributed by atoms with Crippen molar-refractivity contribution in [3.05, 3.63) is 77.7 Å². The molecule has 2 N–H and O–H groups in total. The molecule has 0 spiro atoms. The fraction of sp³-hybridized carbons (Fsp3) is 0.424. The number of hydrogen-bond donors (Lipinski definition) is 2. The van der Waals surface area contributed by atoms with Crippen LogP contribution in [0.2, 0.25) is 0 Å². The van der Waals surface area contributed by atoms with Gasteiger partial charge >= 0.3 is 0 Å². The first-order valence-electron chi connectivity index (χ1n) is 15.4. The highest BCUT2D eigenvalue weighted by Gasteiger charge is 2.40. The number of Topliss-reactive ketones (excluding diaryl/α,β-unsaturated/α-hetero) is 1. The van der Waals surface area contributed by atoms with Gasteiger partial charge in [-0.2, -0.15) is 4.31 Å². The van der Waals surface area contributed by atoms with E-state index in [9.17, 15) is 13.2 Å². The Labute approximate surface area is 252 Å². The number of rotatable bonds is 7. The van der Waals surface area contributed by atoms with Crippen molar-refractivity contribution in [3.63, 3.8) is 0 Å². The van der Waals surface area contributed by atoms with E-state index in [2.05, 4.69) is 56.5 Å². The van der Waals surface area contributed by atoms with Gasteiger partial charge in [-0.1, -0.05) is 30.7 Å². The van der Waals surface area contributed by atoms with E-state index in [1.165, 1.54) is 27.0 Å². The summed E-state index contributed by atoms with van der Waals surface area (Å²) in [6.45, 7) is 5.69. The van der Waals surface area contributed by atoms with Crippen LogP contribution in [0.15, 0.2) is 70.3 Å². The number of piperidine rings is 1. The second-order valence-corrected chi connectivity index (χ2v) is 13.9. The second-order valence-electron chi connectivity index (χ2n) is 12.0. The fourth-order valence-corrected chi connectivity index (χ4v) is 8.60. The van der Waals surface area contributed by atoms with Gasteiger partial charge in [-0.25, -0.2) is 8.42 Å². The molecule has 226 valence electrons. The number of nitrogens with one attached hydrogen (secondary N) is 2. The maximum Gasteiger partial charge on any atom is 0.276 e. The predicted octanol–water partition coefficient (Wildman–Crippen LogP) is 5.04. The number of carbonyl (C=O) groups excluding carboxylic acids is 1. The van der Waals surface area contributed by atoms with Crippen LogP contribution >= 0.6 is 0 Å². The number of anilines is 2. The van der Waals surface area contributed by atoms with Crippen LogP contribution in [0.25, 0.3) is 10.9 Å². The Morgan fingerprint density at radius 2 is 1.74 bits per heavy atom. The molecule has 10 heteroatoms. The van der Waals surface area contributed by atoms with Crippen LogP contribution in [0.3, 0.4) is 0 Å². The number of carbonyl (C=O) groups is 1. The van der Waals surface area contributed by atoms with Crippen LogP contribution in [-0.2, 0) is 16.4 Å². The summed E-state index contributed by atoms with van der Waals surface area (Å²) in [5, 5.41) is 4.75. The number of aromatic nitrogens is 1. The maximum absolute atomic E-state index is 14.5. The SMILES string of the molecule is Cc1oc(S(=O)(=O)N2CCCCC2)cc1C(=O)C(C1CCc2ccccc2N1)N1CCN(c2cccc3[nH]ccc23)CC1. The van der Waals surface area contributed by atoms with Crippen molar-refractivity contribution >= 4 is 38.1 Å². The van der Waals surface area contributed by atoms with Crippen molar-refractivity contribution in [1.29, 1.82) is 0 Å². The number of sulfonamides is 1. The monoisotopic (exact) mass is 601 g/mol. The number of benzene rings is 2. The zero-order chi connectivity index (χ0) is 29.6. The number of hydrogen-bond acceptors (Lipinski definition) is 7. The third-order valence-corrected chi connectivity index (χ3v) is 11.2. The highest BCUT2D eigenvalue weighted by Crippen LogP contribution is 2.33. The lowest BCUT2D eigenvalue weighted by atomic mass is 9.88. The standard InChI is InChI=1S/C33H39N5O4S/c1-23-26(22-31(42-23)43(40,41)38-16-5-2-6-17-38)33(39)32(29-13-12-24-8-3-4-9-27(24)35-29)37-20-18-36(19-21-37)30-11-7-10-28-25(30)14-15-34-28/h3-4,7-11,14-15,22,29,32,34-35H,2,5-6,12-13,16-21H2,1H3. The number of piperazine rings is 1. The Bertz CT molecular complexity index is 1730. The first kappa shape index (κ1) is 28.2. The molecule has 0 saturated carbocycles. The van der Waals surface area contributed by atoms with Gasteiger partial charge in [0.15, 0.2) is 5.78 Å². The van der Waals surface area contributed by atoms with Gasteiger partial charge in [0.05, 0.1) is 11.6 Å². The average molecular weight is 602 g/mol. The summed E-state index contributed by atoms with van der Waals surface area (Å²) in [7, 11) is -3.79. The van der Waals surface area contributed by atoms with Gasteiger partial charge in [0.25, 0.3) is 10.0 Å².